The molecule has 2 heteroatoms. The van der Waals surface area contributed by atoms with Crippen molar-refractivity contribution in [1.29, 1.82) is 0 Å². The van der Waals surface area contributed by atoms with E-state index >= 15 is 0 Å². The summed E-state index contributed by atoms with van der Waals surface area (Å²) in [6, 6.07) is 0. The predicted octanol–water partition coefficient (Wildman–Crippen LogP) is 4.74. The molecule has 4 rings (SSSR count). The zero-order valence-corrected chi connectivity index (χ0v) is 13.9. The molecule has 0 aromatic heterocycles. The lowest BCUT2D eigenvalue weighted by atomic mass is 9.49. The van der Waals surface area contributed by atoms with Gasteiger partial charge in [-0.05, 0) is 81.5 Å². The van der Waals surface area contributed by atoms with E-state index < -0.39 is 0 Å². The van der Waals surface area contributed by atoms with Gasteiger partial charge in [0.1, 0.15) is 5.60 Å². The monoisotopic (exact) mass is 290 g/mol. The Morgan fingerprint density at radius 1 is 1.14 bits per heavy atom. The fourth-order valence-corrected chi connectivity index (χ4v) is 5.38. The van der Waals surface area contributed by atoms with E-state index in [1.807, 2.05) is 0 Å². The van der Waals surface area contributed by atoms with Crippen LogP contribution in [0.15, 0.2) is 12.2 Å². The van der Waals surface area contributed by atoms with Gasteiger partial charge in [-0.1, -0.05) is 20.4 Å². The number of hydrogen-bond acceptors (Lipinski definition) is 2. The van der Waals surface area contributed by atoms with Crippen LogP contribution in [-0.2, 0) is 9.53 Å². The quantitative estimate of drug-likeness (QED) is 0.540. The van der Waals surface area contributed by atoms with Crippen LogP contribution in [0.2, 0.25) is 0 Å². The highest BCUT2D eigenvalue weighted by molar-refractivity contribution is 5.87. The third kappa shape index (κ3) is 2.66. The number of carbonyl (C=O) groups is 1. The Balaban J connectivity index is 1.85. The smallest absolute Gasteiger partial charge is 0.333 e. The standard InChI is InChI=1S/C19H30O2/c1-12(2)5-6-19(21-18(20)13(3)4)16-8-14-7-15(10-16)11-17(19)9-14/h12,14-17H,3,5-11H2,1-2,4H3. The van der Waals surface area contributed by atoms with Gasteiger partial charge in [0, 0.05) is 5.57 Å². The number of esters is 1. The summed E-state index contributed by atoms with van der Waals surface area (Å²) in [6.45, 7) is 10.1. The van der Waals surface area contributed by atoms with Gasteiger partial charge in [0.15, 0.2) is 0 Å². The summed E-state index contributed by atoms with van der Waals surface area (Å²) in [4.78, 5) is 12.3. The lowest BCUT2D eigenvalue weighted by molar-refractivity contribution is -0.209. The SMILES string of the molecule is C=C(C)C(=O)OC1(CCC(C)C)C2CC3CC(C2)CC1C3. The normalized spacial score (nSPS) is 40.6. The third-order valence-corrected chi connectivity index (χ3v) is 6.26. The van der Waals surface area contributed by atoms with Crippen molar-refractivity contribution in [2.75, 3.05) is 0 Å². The number of rotatable bonds is 5. The first-order valence-corrected chi connectivity index (χ1v) is 8.79. The Morgan fingerprint density at radius 3 is 2.10 bits per heavy atom. The van der Waals surface area contributed by atoms with Crippen LogP contribution in [0.1, 0.15) is 65.7 Å². The maximum Gasteiger partial charge on any atom is 0.333 e. The Kier molecular flexibility index (Phi) is 3.92. The zero-order chi connectivity index (χ0) is 15.2. The van der Waals surface area contributed by atoms with Crippen LogP contribution < -0.4 is 0 Å². The topological polar surface area (TPSA) is 26.3 Å². The van der Waals surface area contributed by atoms with Crippen molar-refractivity contribution in [3.8, 4) is 0 Å². The Morgan fingerprint density at radius 2 is 1.67 bits per heavy atom. The van der Waals surface area contributed by atoms with Crippen LogP contribution in [0.25, 0.3) is 0 Å². The van der Waals surface area contributed by atoms with Gasteiger partial charge in [-0.25, -0.2) is 4.79 Å². The Hall–Kier alpha value is -0.790. The van der Waals surface area contributed by atoms with Gasteiger partial charge in [-0.3, -0.25) is 0 Å². The molecule has 4 fully saturated rings. The first kappa shape index (κ1) is 15.1. The minimum Gasteiger partial charge on any atom is -0.455 e. The van der Waals surface area contributed by atoms with Gasteiger partial charge in [0.05, 0.1) is 0 Å². The molecule has 118 valence electrons. The minimum absolute atomic E-state index is 0.161. The van der Waals surface area contributed by atoms with Gasteiger partial charge in [0.25, 0.3) is 0 Å². The first-order valence-electron chi connectivity index (χ1n) is 8.79. The van der Waals surface area contributed by atoms with Crippen molar-refractivity contribution >= 4 is 5.97 Å². The molecule has 0 saturated heterocycles. The molecule has 0 unspecified atom stereocenters. The molecule has 4 bridgehead atoms. The molecule has 0 N–H and O–H groups in total. The molecular formula is C19H30O2. The molecular weight excluding hydrogens is 260 g/mol. The van der Waals surface area contributed by atoms with Gasteiger partial charge >= 0.3 is 5.97 Å². The van der Waals surface area contributed by atoms with E-state index in [0.29, 0.717) is 23.3 Å². The Bertz CT molecular complexity index is 407. The molecule has 4 aliphatic carbocycles. The molecule has 4 saturated carbocycles. The second kappa shape index (κ2) is 5.44. The maximum absolute atomic E-state index is 12.3. The first-order chi connectivity index (χ1) is 9.90. The third-order valence-electron chi connectivity index (χ3n) is 6.26. The molecule has 0 aromatic carbocycles. The van der Waals surface area contributed by atoms with Gasteiger partial charge in [-0.15, -0.1) is 0 Å². The summed E-state index contributed by atoms with van der Waals surface area (Å²) < 4.78 is 6.19. The van der Waals surface area contributed by atoms with Gasteiger partial charge in [0.2, 0.25) is 0 Å². The summed E-state index contributed by atoms with van der Waals surface area (Å²) in [7, 11) is 0. The number of hydrogen-bond donors (Lipinski definition) is 0. The molecule has 0 radical (unpaired) electrons. The van der Waals surface area contributed by atoms with E-state index in [0.717, 1.165) is 24.7 Å². The molecule has 0 spiro atoms. The summed E-state index contributed by atoms with van der Waals surface area (Å²) in [5, 5.41) is 0. The van der Waals surface area contributed by atoms with E-state index in [9.17, 15) is 4.79 Å². The van der Waals surface area contributed by atoms with Gasteiger partial charge in [-0.2, -0.15) is 0 Å². The largest absolute Gasteiger partial charge is 0.455 e. The highest BCUT2D eigenvalue weighted by Crippen LogP contribution is 2.61. The lowest BCUT2D eigenvalue weighted by Gasteiger charge is -2.60. The highest BCUT2D eigenvalue weighted by atomic mass is 16.6. The number of carbonyl (C=O) groups excluding carboxylic acids is 1. The van der Waals surface area contributed by atoms with E-state index in [2.05, 4.69) is 20.4 Å². The fourth-order valence-electron chi connectivity index (χ4n) is 5.38. The zero-order valence-electron chi connectivity index (χ0n) is 13.9. The average Bonchev–Trinajstić information content (AvgIpc) is 2.40. The molecule has 4 aliphatic rings. The van der Waals surface area contributed by atoms with E-state index in [1.165, 1.54) is 32.1 Å². The lowest BCUT2D eigenvalue weighted by Crippen LogP contribution is -2.59. The Labute approximate surface area is 129 Å². The molecule has 0 aliphatic heterocycles. The van der Waals surface area contributed by atoms with Crippen molar-refractivity contribution in [1.82, 2.24) is 0 Å². The van der Waals surface area contributed by atoms with E-state index in [-0.39, 0.29) is 11.6 Å². The molecule has 0 atom stereocenters. The van der Waals surface area contributed by atoms with Crippen molar-refractivity contribution < 1.29 is 9.53 Å². The summed E-state index contributed by atoms with van der Waals surface area (Å²) in [5.74, 6) is 3.53. The van der Waals surface area contributed by atoms with Crippen molar-refractivity contribution in [3.63, 3.8) is 0 Å². The minimum atomic E-state index is -0.173. The summed E-state index contributed by atoms with van der Waals surface area (Å²) >= 11 is 0. The van der Waals surface area contributed by atoms with Crippen LogP contribution in [0.4, 0.5) is 0 Å². The molecule has 2 nitrogen and oxygen atoms in total. The molecule has 21 heavy (non-hydrogen) atoms. The van der Waals surface area contributed by atoms with Crippen LogP contribution in [0.3, 0.4) is 0 Å². The fraction of sp³-hybridized carbons (Fsp3) is 0.842. The molecule has 0 aromatic rings. The van der Waals surface area contributed by atoms with E-state index in [4.69, 9.17) is 4.74 Å². The second-order valence-corrected chi connectivity index (χ2v) is 8.36. The second-order valence-electron chi connectivity index (χ2n) is 8.36. The highest BCUT2D eigenvalue weighted by Gasteiger charge is 2.59. The van der Waals surface area contributed by atoms with Crippen molar-refractivity contribution in [2.45, 2.75) is 71.3 Å². The van der Waals surface area contributed by atoms with Crippen LogP contribution in [0, 0.1) is 29.6 Å². The van der Waals surface area contributed by atoms with Gasteiger partial charge < -0.3 is 4.74 Å². The molecule has 0 amide bonds. The predicted molar refractivity (Wildman–Crippen MR) is 84.8 cm³/mol. The van der Waals surface area contributed by atoms with E-state index in [1.54, 1.807) is 6.92 Å². The van der Waals surface area contributed by atoms with Crippen LogP contribution in [0.5, 0.6) is 0 Å². The van der Waals surface area contributed by atoms with Crippen molar-refractivity contribution in [3.05, 3.63) is 12.2 Å². The van der Waals surface area contributed by atoms with Crippen LogP contribution in [-0.4, -0.2) is 11.6 Å². The number of ether oxygens (including phenoxy) is 1. The van der Waals surface area contributed by atoms with Crippen molar-refractivity contribution in [2.24, 2.45) is 29.6 Å². The average molecular weight is 290 g/mol. The molecule has 0 heterocycles. The van der Waals surface area contributed by atoms with Crippen LogP contribution >= 0.6 is 0 Å². The maximum atomic E-state index is 12.3. The summed E-state index contributed by atoms with van der Waals surface area (Å²) in [5.41, 5.74) is 0.376. The summed E-state index contributed by atoms with van der Waals surface area (Å²) in [6.07, 6.45) is 8.79.